The molecule has 0 saturated carbocycles. The third-order valence-corrected chi connectivity index (χ3v) is 3.72. The van der Waals surface area contributed by atoms with Crippen LogP contribution in [0.5, 0.6) is 11.5 Å². The minimum atomic E-state index is -0.242. The summed E-state index contributed by atoms with van der Waals surface area (Å²) in [4.78, 5) is 23.9. The second-order valence-corrected chi connectivity index (χ2v) is 6.21. The van der Waals surface area contributed by atoms with Crippen LogP contribution in [0.25, 0.3) is 0 Å². The lowest BCUT2D eigenvalue weighted by Crippen LogP contribution is -2.36. The fourth-order valence-electron chi connectivity index (χ4n) is 2.27. The Balaban J connectivity index is 1.78. The molecule has 144 valence electrons. The molecule has 0 aromatic heterocycles. The largest absolute Gasteiger partial charge is 0.490 e. The van der Waals surface area contributed by atoms with Crippen LogP contribution in [0.1, 0.15) is 24.2 Å². The first-order valence-corrected chi connectivity index (χ1v) is 9.03. The summed E-state index contributed by atoms with van der Waals surface area (Å²) < 4.78 is 11.3. The van der Waals surface area contributed by atoms with Crippen molar-refractivity contribution < 1.29 is 19.1 Å². The lowest BCUT2D eigenvalue weighted by molar-refractivity contribution is -0.123. The first-order valence-electron chi connectivity index (χ1n) is 9.03. The Kier molecular flexibility index (Phi) is 8.16. The summed E-state index contributed by atoms with van der Waals surface area (Å²) in [6, 6.07) is 16.5. The molecule has 0 saturated heterocycles. The maximum absolute atomic E-state index is 12.4. The second kappa shape index (κ2) is 10.9. The number of hydrogen-bond donors (Lipinski definition) is 2. The smallest absolute Gasteiger partial charge is 0.255 e. The molecule has 2 aromatic rings. The predicted molar refractivity (Wildman–Crippen MR) is 104 cm³/mol. The standard InChI is InChI=1S/C21H26N2O4/c1-16(2)20(24)22-12-13-23-21(25)18-10-6-7-11-19(18)27-15-14-26-17-8-4-3-5-9-17/h3-11,16H,12-15H2,1-2H3,(H,22,24)(H,23,25). The van der Waals surface area contributed by atoms with E-state index in [2.05, 4.69) is 10.6 Å². The van der Waals surface area contributed by atoms with Gasteiger partial charge in [-0.1, -0.05) is 44.2 Å². The first kappa shape index (κ1) is 20.3. The fourth-order valence-corrected chi connectivity index (χ4v) is 2.27. The summed E-state index contributed by atoms with van der Waals surface area (Å²) in [5.74, 6) is 0.918. The van der Waals surface area contributed by atoms with E-state index in [-0.39, 0.29) is 17.7 Å². The van der Waals surface area contributed by atoms with Gasteiger partial charge in [0.05, 0.1) is 5.56 Å². The zero-order valence-electron chi connectivity index (χ0n) is 15.7. The molecule has 2 aromatic carbocycles. The predicted octanol–water partition coefficient (Wildman–Crippen LogP) is 2.65. The van der Waals surface area contributed by atoms with Crippen molar-refractivity contribution >= 4 is 11.8 Å². The SMILES string of the molecule is CC(C)C(=O)NCCNC(=O)c1ccccc1OCCOc1ccccc1. The Hall–Kier alpha value is -3.02. The quantitative estimate of drug-likeness (QED) is 0.631. The first-order chi connectivity index (χ1) is 13.1. The Morgan fingerprint density at radius 2 is 1.48 bits per heavy atom. The molecule has 27 heavy (non-hydrogen) atoms. The third kappa shape index (κ3) is 7.01. The zero-order chi connectivity index (χ0) is 19.5. The van der Waals surface area contributed by atoms with Crippen LogP contribution in [-0.2, 0) is 4.79 Å². The van der Waals surface area contributed by atoms with Gasteiger partial charge in [0.15, 0.2) is 0 Å². The highest BCUT2D eigenvalue weighted by Crippen LogP contribution is 2.18. The van der Waals surface area contributed by atoms with Crippen LogP contribution in [0.4, 0.5) is 0 Å². The van der Waals surface area contributed by atoms with Gasteiger partial charge in [-0.2, -0.15) is 0 Å². The number of carbonyl (C=O) groups excluding carboxylic acids is 2. The third-order valence-electron chi connectivity index (χ3n) is 3.72. The van der Waals surface area contributed by atoms with Gasteiger partial charge in [-0.3, -0.25) is 9.59 Å². The summed E-state index contributed by atoms with van der Waals surface area (Å²) in [6.45, 7) is 5.08. The highest BCUT2D eigenvalue weighted by Gasteiger charge is 2.12. The van der Waals surface area contributed by atoms with Gasteiger partial charge >= 0.3 is 0 Å². The molecule has 0 unspecified atom stereocenters. The topological polar surface area (TPSA) is 76.7 Å². The van der Waals surface area contributed by atoms with E-state index in [0.717, 1.165) is 5.75 Å². The van der Waals surface area contributed by atoms with Crippen molar-refractivity contribution in [3.63, 3.8) is 0 Å². The van der Waals surface area contributed by atoms with Crippen LogP contribution >= 0.6 is 0 Å². The molecule has 6 nitrogen and oxygen atoms in total. The van der Waals surface area contributed by atoms with Crippen molar-refractivity contribution in [2.24, 2.45) is 5.92 Å². The van der Waals surface area contributed by atoms with E-state index in [0.29, 0.717) is 37.6 Å². The van der Waals surface area contributed by atoms with E-state index in [1.54, 1.807) is 18.2 Å². The van der Waals surface area contributed by atoms with Crippen LogP contribution in [0, 0.1) is 5.92 Å². The number of benzene rings is 2. The molecule has 0 aliphatic rings. The number of nitrogens with one attached hydrogen (secondary N) is 2. The Morgan fingerprint density at radius 1 is 0.852 bits per heavy atom. The molecule has 0 spiro atoms. The maximum Gasteiger partial charge on any atom is 0.255 e. The maximum atomic E-state index is 12.4. The van der Waals surface area contributed by atoms with E-state index in [4.69, 9.17) is 9.47 Å². The molecular formula is C21H26N2O4. The number of carbonyl (C=O) groups is 2. The van der Waals surface area contributed by atoms with Crippen molar-refractivity contribution in [3.8, 4) is 11.5 Å². The fraction of sp³-hybridized carbons (Fsp3) is 0.333. The van der Waals surface area contributed by atoms with Gasteiger partial charge in [0, 0.05) is 19.0 Å². The normalized spacial score (nSPS) is 10.3. The monoisotopic (exact) mass is 370 g/mol. The summed E-state index contributed by atoms with van der Waals surface area (Å²) in [5.41, 5.74) is 0.451. The summed E-state index contributed by atoms with van der Waals surface area (Å²) in [7, 11) is 0. The van der Waals surface area contributed by atoms with E-state index in [9.17, 15) is 9.59 Å². The van der Waals surface area contributed by atoms with Gasteiger partial charge in [-0.25, -0.2) is 0 Å². The van der Waals surface area contributed by atoms with Crippen molar-refractivity contribution in [1.29, 1.82) is 0 Å². The van der Waals surface area contributed by atoms with Gasteiger partial charge in [0.1, 0.15) is 24.7 Å². The molecule has 0 radical (unpaired) electrons. The molecule has 0 heterocycles. The van der Waals surface area contributed by atoms with Crippen molar-refractivity contribution in [1.82, 2.24) is 10.6 Å². The van der Waals surface area contributed by atoms with Crippen molar-refractivity contribution in [2.45, 2.75) is 13.8 Å². The van der Waals surface area contributed by atoms with E-state index in [1.807, 2.05) is 50.2 Å². The highest BCUT2D eigenvalue weighted by atomic mass is 16.5. The van der Waals surface area contributed by atoms with Crippen molar-refractivity contribution in [3.05, 3.63) is 60.2 Å². The van der Waals surface area contributed by atoms with Gasteiger partial charge in [0.25, 0.3) is 5.91 Å². The molecule has 2 N–H and O–H groups in total. The number of rotatable bonds is 10. The van der Waals surface area contributed by atoms with Crippen molar-refractivity contribution in [2.75, 3.05) is 26.3 Å². The summed E-state index contributed by atoms with van der Waals surface area (Å²) in [5, 5.41) is 5.54. The highest BCUT2D eigenvalue weighted by molar-refractivity contribution is 5.96. The summed E-state index contributed by atoms with van der Waals surface area (Å²) >= 11 is 0. The molecule has 0 fully saturated rings. The van der Waals surface area contributed by atoms with Gasteiger partial charge in [-0.15, -0.1) is 0 Å². The Morgan fingerprint density at radius 3 is 2.22 bits per heavy atom. The Labute approximate surface area is 159 Å². The van der Waals surface area contributed by atoms with Crippen LogP contribution in [0.3, 0.4) is 0 Å². The molecule has 0 bridgehead atoms. The zero-order valence-corrected chi connectivity index (χ0v) is 15.7. The molecule has 2 amide bonds. The number of hydrogen-bond acceptors (Lipinski definition) is 4. The average molecular weight is 370 g/mol. The molecule has 0 atom stereocenters. The van der Waals surface area contributed by atoms with E-state index < -0.39 is 0 Å². The van der Waals surface area contributed by atoms with Crippen LogP contribution in [0.2, 0.25) is 0 Å². The average Bonchev–Trinajstić information content (AvgIpc) is 2.69. The molecular weight excluding hydrogens is 344 g/mol. The number of ether oxygens (including phenoxy) is 2. The number of amides is 2. The van der Waals surface area contributed by atoms with Crippen LogP contribution in [-0.4, -0.2) is 38.1 Å². The van der Waals surface area contributed by atoms with Crippen LogP contribution < -0.4 is 20.1 Å². The Bertz CT molecular complexity index is 732. The van der Waals surface area contributed by atoms with Gasteiger partial charge < -0.3 is 20.1 Å². The van der Waals surface area contributed by atoms with E-state index in [1.165, 1.54) is 0 Å². The van der Waals surface area contributed by atoms with Gasteiger partial charge in [0.2, 0.25) is 5.91 Å². The lowest BCUT2D eigenvalue weighted by atomic mass is 10.2. The van der Waals surface area contributed by atoms with E-state index >= 15 is 0 Å². The summed E-state index contributed by atoms with van der Waals surface area (Å²) in [6.07, 6.45) is 0. The molecule has 2 rings (SSSR count). The number of para-hydroxylation sites is 2. The molecule has 0 aliphatic carbocycles. The minimum absolute atomic E-state index is 0.0357. The second-order valence-electron chi connectivity index (χ2n) is 6.21. The minimum Gasteiger partial charge on any atom is -0.490 e. The van der Waals surface area contributed by atoms with Crippen LogP contribution in [0.15, 0.2) is 54.6 Å². The molecule has 6 heteroatoms. The van der Waals surface area contributed by atoms with Gasteiger partial charge in [-0.05, 0) is 24.3 Å². The lowest BCUT2D eigenvalue weighted by Gasteiger charge is -2.13. The molecule has 0 aliphatic heterocycles.